The molecule has 7 heteroatoms. The van der Waals surface area contributed by atoms with Crippen molar-refractivity contribution in [2.45, 2.75) is 18.9 Å². The highest BCUT2D eigenvalue weighted by molar-refractivity contribution is 7.12. The number of ether oxygens (including phenoxy) is 1. The van der Waals surface area contributed by atoms with E-state index in [2.05, 4.69) is 8.94 Å². The van der Waals surface area contributed by atoms with Crippen LogP contribution in [0.15, 0.2) is 46.0 Å². The summed E-state index contributed by atoms with van der Waals surface area (Å²) in [7, 11) is 1.61. The van der Waals surface area contributed by atoms with E-state index in [9.17, 15) is 9.59 Å². The molecule has 27 heavy (non-hydrogen) atoms. The van der Waals surface area contributed by atoms with Gasteiger partial charge in [0.2, 0.25) is 5.43 Å². The second kappa shape index (κ2) is 5.72. The number of hydrogen-bond acceptors (Lipinski definition) is 5. The van der Waals surface area contributed by atoms with E-state index in [4.69, 9.17) is 10.5 Å². The molecule has 6 nitrogen and oxygen atoms in total. The molecule has 1 saturated carbocycles. The second-order valence-corrected chi connectivity index (χ2v) is 7.60. The highest BCUT2D eigenvalue weighted by atomic mass is 32.1. The topological polar surface area (TPSA) is 90.1 Å². The molecule has 4 aromatic rings. The number of nitrogens with zero attached hydrogens (tertiary/aromatic N) is 1. The van der Waals surface area contributed by atoms with Gasteiger partial charge in [0.1, 0.15) is 10.2 Å². The van der Waals surface area contributed by atoms with Gasteiger partial charge in [0.15, 0.2) is 5.75 Å². The number of fused-ring (bicyclic) bond motifs is 2. The minimum atomic E-state index is -0.321. The van der Waals surface area contributed by atoms with Crippen molar-refractivity contribution < 1.29 is 4.74 Å². The largest absolute Gasteiger partial charge is 0.494 e. The molecule has 3 N–H and O–H groups in total. The van der Waals surface area contributed by atoms with E-state index in [0.29, 0.717) is 21.7 Å². The van der Waals surface area contributed by atoms with Crippen LogP contribution < -0.4 is 21.5 Å². The van der Waals surface area contributed by atoms with E-state index in [1.54, 1.807) is 13.2 Å². The minimum absolute atomic E-state index is 0.238. The number of aromatic nitrogens is 2. The van der Waals surface area contributed by atoms with E-state index in [1.165, 1.54) is 11.5 Å². The Bertz CT molecular complexity index is 1310. The second-order valence-electron chi connectivity index (χ2n) is 6.81. The van der Waals surface area contributed by atoms with Gasteiger partial charge in [-0.15, -0.1) is 0 Å². The maximum atomic E-state index is 13.0. The Morgan fingerprint density at radius 1 is 1.15 bits per heavy atom. The number of pyridine rings is 1. The number of hydrogen-bond donors (Lipinski definition) is 2. The van der Waals surface area contributed by atoms with E-state index in [1.807, 2.05) is 30.3 Å². The summed E-state index contributed by atoms with van der Waals surface area (Å²) in [6, 6.07) is 11.5. The smallest absolute Gasteiger partial charge is 0.271 e. The number of aromatic amines is 1. The average Bonchev–Trinajstić information content (AvgIpc) is 3.44. The molecule has 2 aromatic heterocycles. The van der Waals surface area contributed by atoms with Gasteiger partial charge in [-0.05, 0) is 54.2 Å². The fourth-order valence-corrected chi connectivity index (χ4v) is 4.59. The molecule has 0 saturated heterocycles. The first-order valence-corrected chi connectivity index (χ1v) is 9.54. The van der Waals surface area contributed by atoms with Gasteiger partial charge in [0.05, 0.1) is 18.0 Å². The van der Waals surface area contributed by atoms with Crippen LogP contribution in [0.2, 0.25) is 0 Å². The number of anilines is 1. The highest BCUT2D eigenvalue weighted by Crippen LogP contribution is 2.44. The number of nitrogen functional groups attached to an aromatic ring is 1. The predicted octanol–water partition coefficient (Wildman–Crippen LogP) is 3.50. The van der Waals surface area contributed by atoms with E-state index < -0.39 is 0 Å². The number of benzene rings is 2. The quantitative estimate of drug-likeness (QED) is 0.533. The molecule has 0 aliphatic heterocycles. The van der Waals surface area contributed by atoms with Crippen LogP contribution in [-0.4, -0.2) is 16.1 Å². The van der Waals surface area contributed by atoms with Crippen LogP contribution in [0.5, 0.6) is 5.75 Å². The molecule has 0 unspecified atom stereocenters. The third-order valence-electron chi connectivity index (χ3n) is 5.08. The van der Waals surface area contributed by atoms with Gasteiger partial charge in [0.25, 0.3) is 5.56 Å². The fourth-order valence-electron chi connectivity index (χ4n) is 3.67. The molecule has 1 fully saturated rings. The van der Waals surface area contributed by atoms with Crippen LogP contribution in [0.4, 0.5) is 5.69 Å². The number of nitrogens with one attached hydrogen (secondary N) is 1. The standard InChI is InChI=1S/C20H17N3O3S/c1-26-18-13(10-2-4-11(21)5-3-10)8-9-14-16(18)23(12-6-7-12)20-15(17(14)24)19(25)22-27-20/h2-5,8-9,12H,6-7,21H2,1H3,(H,22,25). The summed E-state index contributed by atoms with van der Waals surface area (Å²) in [4.78, 5) is 25.9. The Labute approximate surface area is 158 Å². The average molecular weight is 379 g/mol. The Balaban J connectivity index is 1.96. The van der Waals surface area contributed by atoms with Crippen molar-refractivity contribution in [2.24, 2.45) is 0 Å². The van der Waals surface area contributed by atoms with Gasteiger partial charge < -0.3 is 15.0 Å². The normalized spacial score (nSPS) is 14.1. The number of H-pyrrole nitrogens is 1. The lowest BCUT2D eigenvalue weighted by Crippen LogP contribution is -2.15. The summed E-state index contributed by atoms with van der Waals surface area (Å²) < 4.78 is 10.6. The van der Waals surface area contributed by atoms with Crippen molar-refractivity contribution in [1.82, 2.24) is 8.94 Å². The number of rotatable bonds is 3. The lowest BCUT2D eigenvalue weighted by Gasteiger charge is -2.17. The summed E-state index contributed by atoms with van der Waals surface area (Å²) in [5.74, 6) is 0.643. The summed E-state index contributed by atoms with van der Waals surface area (Å²) in [6.07, 6.45) is 2.04. The predicted molar refractivity (Wildman–Crippen MR) is 109 cm³/mol. The van der Waals surface area contributed by atoms with Crippen LogP contribution in [0, 0.1) is 0 Å². The van der Waals surface area contributed by atoms with Gasteiger partial charge in [0, 0.05) is 17.3 Å². The van der Waals surface area contributed by atoms with Crippen molar-refractivity contribution in [2.75, 3.05) is 12.8 Å². The molecular formula is C20H17N3O3S. The first-order chi connectivity index (χ1) is 13.1. The first-order valence-electron chi connectivity index (χ1n) is 8.72. The van der Waals surface area contributed by atoms with E-state index in [0.717, 1.165) is 29.5 Å². The zero-order chi connectivity index (χ0) is 18.7. The Morgan fingerprint density at radius 2 is 1.89 bits per heavy atom. The molecule has 1 aliphatic rings. The van der Waals surface area contributed by atoms with Gasteiger partial charge in [-0.1, -0.05) is 12.1 Å². The molecule has 2 aromatic carbocycles. The Hall–Kier alpha value is -3.06. The van der Waals surface area contributed by atoms with Crippen molar-refractivity contribution in [3.63, 3.8) is 0 Å². The zero-order valence-corrected chi connectivity index (χ0v) is 15.4. The zero-order valence-electron chi connectivity index (χ0n) is 14.6. The summed E-state index contributed by atoms with van der Waals surface area (Å²) >= 11 is 1.21. The number of methoxy groups -OCH3 is 1. The molecule has 0 spiro atoms. The molecule has 0 atom stereocenters. The van der Waals surface area contributed by atoms with Gasteiger partial charge in [-0.3, -0.25) is 14.0 Å². The monoisotopic (exact) mass is 379 g/mol. The Morgan fingerprint density at radius 3 is 2.56 bits per heavy atom. The van der Waals surface area contributed by atoms with E-state index in [-0.39, 0.29) is 22.4 Å². The molecule has 0 bridgehead atoms. The number of nitrogens with two attached hydrogens (primary N) is 1. The third kappa shape index (κ3) is 2.31. The van der Waals surface area contributed by atoms with Crippen LogP contribution >= 0.6 is 11.5 Å². The third-order valence-corrected chi connectivity index (χ3v) is 5.96. The molecule has 5 rings (SSSR count). The van der Waals surface area contributed by atoms with Crippen LogP contribution in [0.3, 0.4) is 0 Å². The van der Waals surface area contributed by atoms with Crippen LogP contribution in [0.1, 0.15) is 18.9 Å². The first kappa shape index (κ1) is 16.1. The maximum Gasteiger partial charge on any atom is 0.271 e. The maximum absolute atomic E-state index is 13.0. The molecule has 136 valence electrons. The molecule has 1 aliphatic carbocycles. The highest BCUT2D eigenvalue weighted by Gasteiger charge is 2.30. The molecular weight excluding hydrogens is 362 g/mol. The minimum Gasteiger partial charge on any atom is -0.494 e. The van der Waals surface area contributed by atoms with Gasteiger partial charge >= 0.3 is 0 Å². The van der Waals surface area contributed by atoms with Crippen molar-refractivity contribution in [3.8, 4) is 16.9 Å². The summed E-state index contributed by atoms with van der Waals surface area (Å²) in [5.41, 5.74) is 8.53. The molecule has 0 radical (unpaired) electrons. The van der Waals surface area contributed by atoms with Crippen molar-refractivity contribution in [3.05, 3.63) is 57.0 Å². The fraction of sp³-hybridized carbons (Fsp3) is 0.200. The summed E-state index contributed by atoms with van der Waals surface area (Å²) in [6.45, 7) is 0. The van der Waals surface area contributed by atoms with Crippen molar-refractivity contribution >= 4 is 38.3 Å². The van der Waals surface area contributed by atoms with Gasteiger partial charge in [-0.25, -0.2) is 0 Å². The van der Waals surface area contributed by atoms with E-state index >= 15 is 0 Å². The Kier molecular flexibility index (Phi) is 3.42. The van der Waals surface area contributed by atoms with Crippen molar-refractivity contribution in [1.29, 1.82) is 0 Å². The molecule has 2 heterocycles. The molecule has 0 amide bonds. The lowest BCUT2D eigenvalue weighted by atomic mass is 10.0. The van der Waals surface area contributed by atoms with Crippen LogP contribution in [-0.2, 0) is 0 Å². The van der Waals surface area contributed by atoms with Crippen LogP contribution in [0.25, 0.3) is 32.2 Å². The van der Waals surface area contributed by atoms with Gasteiger partial charge in [-0.2, -0.15) is 0 Å². The summed E-state index contributed by atoms with van der Waals surface area (Å²) in [5, 5.41) is 0.746. The SMILES string of the molecule is COc1c(-c2ccc(N)cc2)ccc2c(=O)c3c(=O)[nH]sc3n(C3CC3)c12. The lowest BCUT2D eigenvalue weighted by molar-refractivity contribution is 0.419.